The van der Waals surface area contributed by atoms with Gasteiger partial charge in [-0.05, 0) is 53.6 Å². The summed E-state index contributed by atoms with van der Waals surface area (Å²) in [6.45, 7) is -0.0908. The Balaban J connectivity index is 1.44. The third-order valence-electron chi connectivity index (χ3n) is 5.61. The lowest BCUT2D eigenvalue weighted by molar-refractivity contribution is 0.225. The fraction of sp³-hybridized carbons (Fsp3) is 0.217. The van der Waals surface area contributed by atoms with Crippen LogP contribution in [0.5, 0.6) is 0 Å². The predicted octanol–water partition coefficient (Wildman–Crippen LogP) is 3.16. The molecule has 0 saturated carbocycles. The van der Waals surface area contributed by atoms with Crippen molar-refractivity contribution in [3.8, 4) is 0 Å². The van der Waals surface area contributed by atoms with Gasteiger partial charge in [-0.3, -0.25) is 9.97 Å². The molecule has 5 heteroatoms. The molecule has 1 aliphatic carbocycles. The molecular weight excluding hydrogens is 348 g/mol. The fourth-order valence-corrected chi connectivity index (χ4v) is 3.94. The zero-order chi connectivity index (χ0) is 19.1. The molecule has 0 fully saturated rings. The summed E-state index contributed by atoms with van der Waals surface area (Å²) in [5.74, 6) is 0. The molecule has 1 aromatic carbocycles. The molecule has 5 rings (SSSR count). The van der Waals surface area contributed by atoms with E-state index in [1.165, 1.54) is 22.0 Å². The highest BCUT2D eigenvalue weighted by molar-refractivity contribution is 5.89. The summed E-state index contributed by atoms with van der Waals surface area (Å²) in [6.07, 6.45) is 12.0. The maximum absolute atomic E-state index is 9.55. The van der Waals surface area contributed by atoms with Crippen molar-refractivity contribution in [2.24, 2.45) is 5.73 Å². The van der Waals surface area contributed by atoms with E-state index in [9.17, 15) is 5.11 Å². The zero-order valence-corrected chi connectivity index (χ0v) is 15.5. The number of pyridine rings is 2. The Labute approximate surface area is 162 Å². The number of hydrogen-bond acceptors (Lipinski definition) is 4. The van der Waals surface area contributed by atoms with Crippen molar-refractivity contribution in [3.05, 3.63) is 77.4 Å². The van der Waals surface area contributed by atoms with Gasteiger partial charge in [-0.1, -0.05) is 18.2 Å². The van der Waals surface area contributed by atoms with Crippen molar-refractivity contribution in [2.45, 2.75) is 24.8 Å². The molecule has 1 unspecified atom stereocenters. The topological polar surface area (TPSA) is 87.8 Å². The van der Waals surface area contributed by atoms with Crippen LogP contribution in [-0.4, -0.2) is 32.2 Å². The van der Waals surface area contributed by atoms with Crippen LogP contribution >= 0.6 is 0 Å². The quantitative estimate of drug-likeness (QED) is 0.515. The molecule has 0 spiro atoms. The second-order valence-electron chi connectivity index (χ2n) is 7.70. The summed E-state index contributed by atoms with van der Waals surface area (Å²) in [4.78, 5) is 12.4. The Bertz CT molecular complexity index is 1210. The van der Waals surface area contributed by atoms with Gasteiger partial charge in [0.1, 0.15) is 0 Å². The molecule has 1 atom stereocenters. The zero-order valence-electron chi connectivity index (χ0n) is 15.5. The maximum Gasteiger partial charge on any atom is 0.0891 e. The van der Waals surface area contributed by atoms with Gasteiger partial charge in [-0.25, -0.2) is 0 Å². The third kappa shape index (κ3) is 2.99. The summed E-state index contributed by atoms with van der Waals surface area (Å²) in [5, 5.41) is 11.9. The minimum atomic E-state index is -0.727. The van der Waals surface area contributed by atoms with Crippen LogP contribution in [-0.2, 0) is 19.3 Å². The lowest BCUT2D eigenvalue weighted by Crippen LogP contribution is -2.45. The molecule has 0 radical (unpaired) electrons. The third-order valence-corrected chi connectivity index (χ3v) is 5.61. The molecule has 4 aromatic rings. The Morgan fingerprint density at radius 3 is 2.86 bits per heavy atom. The first-order valence-corrected chi connectivity index (χ1v) is 9.55. The van der Waals surface area contributed by atoms with E-state index in [0.29, 0.717) is 6.42 Å². The van der Waals surface area contributed by atoms with E-state index in [2.05, 4.69) is 45.3 Å². The van der Waals surface area contributed by atoms with Gasteiger partial charge < -0.3 is 15.8 Å². The smallest absolute Gasteiger partial charge is 0.0891 e. The number of fused-ring (bicyclic) bond motifs is 4. The van der Waals surface area contributed by atoms with Gasteiger partial charge in [-0.2, -0.15) is 0 Å². The second-order valence-corrected chi connectivity index (χ2v) is 7.70. The van der Waals surface area contributed by atoms with E-state index >= 15 is 0 Å². The number of nitrogens with two attached hydrogens (primary N) is 1. The van der Waals surface area contributed by atoms with Gasteiger partial charge in [-0.15, -0.1) is 0 Å². The van der Waals surface area contributed by atoms with E-state index in [0.717, 1.165) is 35.0 Å². The number of aromatic amines is 1. The first-order valence-electron chi connectivity index (χ1n) is 9.55. The van der Waals surface area contributed by atoms with Crippen LogP contribution in [0.3, 0.4) is 0 Å². The van der Waals surface area contributed by atoms with Crippen molar-refractivity contribution in [3.63, 3.8) is 0 Å². The average molecular weight is 370 g/mol. The highest BCUT2D eigenvalue weighted by Gasteiger charge is 2.27. The summed E-state index contributed by atoms with van der Waals surface area (Å²) >= 11 is 0. The van der Waals surface area contributed by atoms with Gasteiger partial charge in [0, 0.05) is 35.3 Å². The summed E-state index contributed by atoms with van der Waals surface area (Å²) in [6, 6.07) is 10.9. The Morgan fingerprint density at radius 1 is 1.07 bits per heavy atom. The number of aliphatic hydroxyl groups excluding tert-OH is 1. The summed E-state index contributed by atoms with van der Waals surface area (Å²) < 4.78 is 0. The molecule has 28 heavy (non-hydrogen) atoms. The molecule has 3 heterocycles. The van der Waals surface area contributed by atoms with Crippen molar-refractivity contribution in [1.29, 1.82) is 0 Å². The van der Waals surface area contributed by atoms with Gasteiger partial charge in [0.05, 0.1) is 29.6 Å². The fourth-order valence-electron chi connectivity index (χ4n) is 3.94. The van der Waals surface area contributed by atoms with Gasteiger partial charge in [0.25, 0.3) is 0 Å². The number of aromatic nitrogens is 3. The van der Waals surface area contributed by atoms with Crippen LogP contribution in [0.2, 0.25) is 0 Å². The monoisotopic (exact) mass is 370 g/mol. The van der Waals surface area contributed by atoms with E-state index in [-0.39, 0.29) is 6.61 Å². The molecule has 140 valence electrons. The molecular formula is C23H22N4O. The number of hydrogen-bond donors (Lipinski definition) is 3. The molecule has 5 nitrogen and oxygen atoms in total. The van der Waals surface area contributed by atoms with E-state index in [4.69, 9.17) is 5.73 Å². The molecule has 0 saturated heterocycles. The lowest BCUT2D eigenvalue weighted by atomic mass is 9.86. The van der Waals surface area contributed by atoms with E-state index < -0.39 is 5.54 Å². The number of nitrogens with zero attached hydrogens (tertiary/aromatic N) is 2. The van der Waals surface area contributed by atoms with Crippen molar-refractivity contribution in [1.82, 2.24) is 15.0 Å². The highest BCUT2D eigenvalue weighted by Crippen LogP contribution is 2.29. The van der Waals surface area contributed by atoms with Gasteiger partial charge >= 0.3 is 0 Å². The summed E-state index contributed by atoms with van der Waals surface area (Å²) in [7, 11) is 0. The maximum atomic E-state index is 9.55. The van der Waals surface area contributed by atoms with E-state index in [1.54, 1.807) is 6.20 Å². The highest BCUT2D eigenvalue weighted by atomic mass is 16.3. The van der Waals surface area contributed by atoms with Gasteiger partial charge in [0.2, 0.25) is 0 Å². The minimum absolute atomic E-state index is 0.0908. The van der Waals surface area contributed by atoms with Gasteiger partial charge in [0.15, 0.2) is 0 Å². The number of rotatable bonds is 4. The Kier molecular flexibility index (Phi) is 4.00. The number of nitrogens with one attached hydrogen (secondary N) is 1. The average Bonchev–Trinajstić information content (AvgIpc) is 3.19. The number of H-pyrrole nitrogens is 1. The number of aliphatic hydroxyl groups is 1. The van der Waals surface area contributed by atoms with Crippen molar-refractivity contribution < 1.29 is 5.11 Å². The SMILES string of the molecule is NC1(CO)C=Cc2c(ncc3ncc(CCc4ccc5[nH]ccc5c4)cc23)C1. The molecule has 0 amide bonds. The second kappa shape index (κ2) is 6.55. The van der Waals surface area contributed by atoms with Crippen LogP contribution in [0.15, 0.2) is 55.0 Å². The van der Waals surface area contributed by atoms with Crippen LogP contribution in [0.1, 0.15) is 22.4 Å². The van der Waals surface area contributed by atoms with Crippen LogP contribution in [0.4, 0.5) is 0 Å². The Hall–Kier alpha value is -3.02. The standard InChI is InChI=1S/C23H22N4O/c24-23(14-28)7-5-18-19-10-16(12-26-22(19)13-27-21(18)11-23)2-1-15-3-4-20-17(9-15)6-8-25-20/h3-10,12-13,25,28H,1-2,11,14,24H2. The molecule has 1 aliphatic rings. The largest absolute Gasteiger partial charge is 0.394 e. The molecule has 0 bridgehead atoms. The summed E-state index contributed by atoms with van der Waals surface area (Å²) in [5.41, 5.74) is 12.0. The van der Waals surface area contributed by atoms with E-state index in [1.807, 2.05) is 24.5 Å². The molecule has 4 N–H and O–H groups in total. The first-order chi connectivity index (χ1) is 13.6. The normalized spacial score (nSPS) is 18.6. The molecule has 0 aliphatic heterocycles. The Morgan fingerprint density at radius 2 is 1.96 bits per heavy atom. The van der Waals surface area contributed by atoms with Crippen molar-refractivity contribution in [2.75, 3.05) is 6.61 Å². The van der Waals surface area contributed by atoms with Crippen LogP contribution in [0.25, 0.3) is 27.9 Å². The number of benzene rings is 1. The van der Waals surface area contributed by atoms with Crippen LogP contribution < -0.4 is 5.73 Å². The first kappa shape index (κ1) is 17.1. The number of aryl methyl sites for hydroxylation is 2. The lowest BCUT2D eigenvalue weighted by Gasteiger charge is -2.27. The van der Waals surface area contributed by atoms with Crippen LogP contribution in [0, 0.1) is 0 Å². The van der Waals surface area contributed by atoms with Crippen molar-refractivity contribution >= 4 is 27.9 Å². The minimum Gasteiger partial charge on any atom is -0.394 e. The predicted molar refractivity (Wildman–Crippen MR) is 112 cm³/mol. The molecule has 3 aromatic heterocycles.